The van der Waals surface area contributed by atoms with Crippen molar-refractivity contribution in [3.05, 3.63) is 59.8 Å². The van der Waals surface area contributed by atoms with Crippen LogP contribution in [0.3, 0.4) is 0 Å². The number of amides is 2. The fourth-order valence-corrected chi connectivity index (χ4v) is 6.02. The van der Waals surface area contributed by atoms with E-state index in [1.54, 1.807) is 0 Å². The molecule has 3 aromatic rings. The van der Waals surface area contributed by atoms with Crippen LogP contribution < -0.4 is 0 Å². The molecular weight excluding hydrogens is 464 g/mol. The largest absolute Gasteiger partial charge is 0.396 e. The molecule has 1 spiro atoms. The van der Waals surface area contributed by atoms with Crippen LogP contribution in [0, 0.1) is 11.8 Å². The minimum absolute atomic E-state index is 0.125. The first-order valence-electron chi connectivity index (χ1n) is 13.6. The van der Waals surface area contributed by atoms with Crippen LogP contribution in [0.15, 0.2) is 53.7 Å². The Morgan fingerprint density at radius 2 is 1.81 bits per heavy atom. The number of nitrogens with zero attached hydrogens (tertiary/aromatic N) is 3. The van der Waals surface area contributed by atoms with E-state index in [4.69, 9.17) is 4.99 Å². The van der Waals surface area contributed by atoms with Gasteiger partial charge >= 0.3 is 0 Å². The van der Waals surface area contributed by atoms with Gasteiger partial charge in [0.05, 0.1) is 0 Å². The quantitative estimate of drug-likeness (QED) is 0.522. The highest BCUT2D eigenvalue weighted by Gasteiger charge is 2.57. The molecule has 1 saturated heterocycles. The summed E-state index contributed by atoms with van der Waals surface area (Å²) in [5.41, 5.74) is 4.82. The molecular formula is C30H32N4O3. The maximum absolute atomic E-state index is 13.4. The predicted octanol–water partition coefficient (Wildman–Crippen LogP) is 3.75. The van der Waals surface area contributed by atoms with Gasteiger partial charge in [0.15, 0.2) is 0 Å². The lowest BCUT2D eigenvalue weighted by Gasteiger charge is -2.23. The van der Waals surface area contributed by atoms with E-state index in [-0.39, 0.29) is 18.4 Å². The number of carbonyl (C=O) groups is 2. The zero-order valence-corrected chi connectivity index (χ0v) is 20.9. The lowest BCUT2D eigenvalue weighted by Crippen LogP contribution is -2.40. The average Bonchev–Trinajstić information content (AvgIpc) is 3.82. The molecule has 0 unspecified atom stereocenters. The summed E-state index contributed by atoms with van der Waals surface area (Å²) in [4.78, 5) is 38.0. The van der Waals surface area contributed by atoms with Crippen molar-refractivity contribution in [3.8, 4) is 11.1 Å². The third-order valence-corrected chi connectivity index (χ3v) is 8.53. The van der Waals surface area contributed by atoms with Crippen LogP contribution in [0.4, 0.5) is 0 Å². The van der Waals surface area contributed by atoms with Crippen LogP contribution in [0.1, 0.15) is 43.2 Å². The number of hydrogen-bond acceptors (Lipinski definition) is 4. The Morgan fingerprint density at radius 3 is 2.54 bits per heavy atom. The van der Waals surface area contributed by atoms with Crippen molar-refractivity contribution < 1.29 is 14.7 Å². The standard InChI is InChI=1S/C30H32N4O3/c35-14-10-24-16-31-26-8-7-23(15-25(24)26)20-1-3-21(4-2-20)27-32-30(11-12-30)29(37)34(27)18-19-9-13-33(17-19)28(36)22-5-6-22/h1-4,7-8,15-16,19,22,31,35H,5-6,9-14,17-18H2/t19-/m1/s1. The second-order valence-corrected chi connectivity index (χ2v) is 11.2. The van der Waals surface area contributed by atoms with Crippen molar-refractivity contribution in [2.75, 3.05) is 26.2 Å². The molecule has 190 valence electrons. The van der Waals surface area contributed by atoms with Gasteiger partial charge in [-0.3, -0.25) is 19.5 Å². The number of aliphatic hydroxyl groups is 1. The monoisotopic (exact) mass is 496 g/mol. The van der Waals surface area contributed by atoms with Crippen LogP contribution in [-0.4, -0.2) is 69.3 Å². The Balaban J connectivity index is 1.12. The van der Waals surface area contributed by atoms with Crippen molar-refractivity contribution in [1.29, 1.82) is 0 Å². The number of amidine groups is 1. The van der Waals surface area contributed by atoms with Gasteiger partial charge in [0, 0.05) is 54.8 Å². The Morgan fingerprint density at radius 1 is 1.05 bits per heavy atom. The predicted molar refractivity (Wildman–Crippen MR) is 142 cm³/mol. The van der Waals surface area contributed by atoms with Crippen molar-refractivity contribution in [2.45, 2.75) is 44.1 Å². The number of hydrogen-bond donors (Lipinski definition) is 2. The molecule has 2 N–H and O–H groups in total. The summed E-state index contributed by atoms with van der Waals surface area (Å²) in [6, 6.07) is 14.7. The van der Waals surface area contributed by atoms with Gasteiger partial charge in [0.25, 0.3) is 5.91 Å². The smallest absolute Gasteiger partial charge is 0.256 e. The van der Waals surface area contributed by atoms with E-state index >= 15 is 0 Å². The summed E-state index contributed by atoms with van der Waals surface area (Å²) in [7, 11) is 0. The first-order chi connectivity index (χ1) is 18.0. The topological polar surface area (TPSA) is 89.0 Å². The van der Waals surface area contributed by atoms with Crippen LogP contribution in [0.2, 0.25) is 0 Å². The van der Waals surface area contributed by atoms with Crippen LogP contribution in [0.5, 0.6) is 0 Å². The molecule has 2 aliphatic heterocycles. The SMILES string of the molecule is O=C(C1CC1)N1CC[C@@H](CN2C(=O)C3(CC3)N=C2c2ccc(-c3ccc4[nH]cc(CCO)c4c3)cc2)C1. The number of likely N-dealkylation sites (tertiary alicyclic amines) is 1. The first-order valence-corrected chi connectivity index (χ1v) is 13.6. The fraction of sp³-hybridized carbons (Fsp3) is 0.433. The molecule has 4 aliphatic rings. The summed E-state index contributed by atoms with van der Waals surface area (Å²) < 4.78 is 0. The second kappa shape index (κ2) is 8.55. The van der Waals surface area contributed by atoms with Crippen molar-refractivity contribution in [2.24, 2.45) is 16.8 Å². The molecule has 2 aromatic carbocycles. The number of aromatic nitrogens is 1. The molecule has 2 saturated carbocycles. The Bertz CT molecular complexity index is 1410. The Labute approximate surface area is 216 Å². The van der Waals surface area contributed by atoms with Crippen molar-refractivity contribution in [3.63, 3.8) is 0 Å². The minimum Gasteiger partial charge on any atom is -0.396 e. The molecule has 1 atom stereocenters. The van der Waals surface area contributed by atoms with Crippen LogP contribution in [0.25, 0.3) is 22.0 Å². The normalized spacial score (nSPS) is 22.4. The van der Waals surface area contributed by atoms with Gasteiger partial charge in [-0.25, -0.2) is 0 Å². The zero-order valence-electron chi connectivity index (χ0n) is 20.9. The Hall–Kier alpha value is -3.45. The highest BCUT2D eigenvalue weighted by molar-refractivity contribution is 6.16. The first kappa shape index (κ1) is 22.7. The van der Waals surface area contributed by atoms with E-state index in [2.05, 4.69) is 47.4 Å². The number of carbonyl (C=O) groups excluding carboxylic acids is 2. The number of benzene rings is 2. The van der Waals surface area contributed by atoms with Crippen molar-refractivity contribution in [1.82, 2.24) is 14.8 Å². The van der Waals surface area contributed by atoms with Gasteiger partial charge in [-0.15, -0.1) is 0 Å². The molecule has 37 heavy (non-hydrogen) atoms. The van der Waals surface area contributed by atoms with Gasteiger partial charge in [0.1, 0.15) is 11.4 Å². The lowest BCUT2D eigenvalue weighted by molar-refractivity contribution is -0.131. The molecule has 3 heterocycles. The number of aliphatic imine (C=N–C) groups is 1. The van der Waals surface area contributed by atoms with Gasteiger partial charge in [0.2, 0.25) is 5.91 Å². The van der Waals surface area contributed by atoms with E-state index in [1.807, 2.05) is 16.0 Å². The molecule has 2 aliphatic carbocycles. The molecule has 7 rings (SSSR count). The number of fused-ring (bicyclic) bond motifs is 1. The summed E-state index contributed by atoms with van der Waals surface area (Å²) in [6.07, 6.45) is 7.26. The maximum atomic E-state index is 13.4. The van der Waals surface area contributed by atoms with E-state index in [1.165, 1.54) is 0 Å². The molecule has 0 radical (unpaired) electrons. The summed E-state index contributed by atoms with van der Waals surface area (Å²) >= 11 is 0. The van der Waals surface area contributed by atoms with Gasteiger partial charge < -0.3 is 15.0 Å². The number of aliphatic hydroxyl groups excluding tert-OH is 1. The molecule has 2 amide bonds. The van der Waals surface area contributed by atoms with E-state index in [0.29, 0.717) is 24.8 Å². The summed E-state index contributed by atoms with van der Waals surface area (Å²) in [6.45, 7) is 2.31. The molecule has 0 bridgehead atoms. The number of rotatable bonds is 7. The lowest BCUT2D eigenvalue weighted by atomic mass is 10.00. The van der Waals surface area contributed by atoms with Gasteiger partial charge in [-0.1, -0.05) is 30.3 Å². The zero-order chi connectivity index (χ0) is 25.1. The maximum Gasteiger partial charge on any atom is 0.256 e. The summed E-state index contributed by atoms with van der Waals surface area (Å²) in [5.74, 6) is 1.77. The van der Waals surface area contributed by atoms with E-state index in [0.717, 1.165) is 84.2 Å². The van der Waals surface area contributed by atoms with Gasteiger partial charge in [-0.05, 0) is 73.3 Å². The van der Waals surface area contributed by atoms with E-state index < -0.39 is 5.54 Å². The number of aromatic amines is 1. The van der Waals surface area contributed by atoms with Crippen LogP contribution in [-0.2, 0) is 16.0 Å². The van der Waals surface area contributed by atoms with Crippen molar-refractivity contribution >= 4 is 28.6 Å². The third-order valence-electron chi connectivity index (χ3n) is 8.53. The number of nitrogens with one attached hydrogen (secondary N) is 1. The third kappa shape index (κ3) is 3.96. The molecule has 7 heteroatoms. The number of H-pyrrole nitrogens is 1. The summed E-state index contributed by atoms with van der Waals surface area (Å²) in [5, 5.41) is 10.5. The van der Waals surface area contributed by atoms with Gasteiger partial charge in [-0.2, -0.15) is 0 Å². The molecule has 7 nitrogen and oxygen atoms in total. The second-order valence-electron chi connectivity index (χ2n) is 11.2. The fourth-order valence-electron chi connectivity index (χ4n) is 6.02. The highest BCUT2D eigenvalue weighted by atomic mass is 16.3. The average molecular weight is 497 g/mol. The Kier molecular flexibility index (Phi) is 5.25. The minimum atomic E-state index is -0.543. The van der Waals surface area contributed by atoms with E-state index in [9.17, 15) is 14.7 Å². The molecule has 3 fully saturated rings. The molecule has 1 aromatic heterocycles. The van der Waals surface area contributed by atoms with Crippen LogP contribution >= 0.6 is 0 Å². The highest BCUT2D eigenvalue weighted by Crippen LogP contribution is 2.46.